The van der Waals surface area contributed by atoms with Crippen LogP contribution in [-0.2, 0) is 14.8 Å². The lowest BCUT2D eigenvalue weighted by Crippen LogP contribution is -2.12. The number of benzene rings is 2. The Labute approximate surface area is 171 Å². The molecule has 3 N–H and O–H groups in total. The Hall–Kier alpha value is -2.84. The first-order valence-corrected chi connectivity index (χ1v) is 10.7. The molecule has 2 rings (SSSR count). The summed E-state index contributed by atoms with van der Waals surface area (Å²) in [6, 6.07) is 11.0. The Morgan fingerprint density at radius 1 is 1.14 bits per heavy atom. The number of ether oxygens (including phenoxy) is 2. The van der Waals surface area contributed by atoms with Gasteiger partial charge in [0.2, 0.25) is 15.9 Å². The summed E-state index contributed by atoms with van der Waals surface area (Å²) in [6.07, 6.45) is 3.97. The van der Waals surface area contributed by atoms with Crippen LogP contribution in [0.3, 0.4) is 0 Å². The van der Waals surface area contributed by atoms with Crippen LogP contribution >= 0.6 is 0 Å². The van der Waals surface area contributed by atoms with Crippen LogP contribution in [0.1, 0.15) is 25.8 Å². The molecule has 0 saturated heterocycles. The number of hydrogen-bond acceptors (Lipinski definition) is 5. The second-order valence-electron chi connectivity index (χ2n) is 6.83. The molecular weight excluding hydrogens is 392 g/mol. The fraction of sp³-hybridized carbons (Fsp3) is 0.286. The van der Waals surface area contributed by atoms with Crippen LogP contribution in [0.5, 0.6) is 11.5 Å². The summed E-state index contributed by atoms with van der Waals surface area (Å²) in [5, 5.41) is 7.70. The quantitative estimate of drug-likeness (QED) is 0.607. The molecule has 8 heteroatoms. The van der Waals surface area contributed by atoms with Gasteiger partial charge in [-0.25, -0.2) is 13.6 Å². The van der Waals surface area contributed by atoms with Gasteiger partial charge in [-0.15, -0.1) is 0 Å². The predicted octanol–water partition coefficient (Wildman–Crippen LogP) is 3.42. The standard InChI is InChI=1S/C21H26N2O5S/c1-15(2)12-13-28-19-10-4-16(14-20(19)27-3)5-11-21(24)23-17-6-8-18(9-7-17)29(22,25)26/h4-11,14-15H,12-13H2,1-3H3,(H,23,24)(H2,22,25,26). The van der Waals surface area contributed by atoms with Crippen LogP contribution in [0.25, 0.3) is 6.08 Å². The summed E-state index contributed by atoms with van der Waals surface area (Å²) in [5.41, 5.74) is 1.23. The molecule has 0 aliphatic heterocycles. The van der Waals surface area contributed by atoms with E-state index in [9.17, 15) is 13.2 Å². The zero-order chi connectivity index (χ0) is 21.4. The van der Waals surface area contributed by atoms with Gasteiger partial charge in [0.05, 0.1) is 18.6 Å². The minimum atomic E-state index is -3.76. The largest absolute Gasteiger partial charge is 0.493 e. The summed E-state index contributed by atoms with van der Waals surface area (Å²) < 4.78 is 33.6. The summed E-state index contributed by atoms with van der Waals surface area (Å²) in [4.78, 5) is 12.1. The van der Waals surface area contributed by atoms with Crippen molar-refractivity contribution in [2.24, 2.45) is 11.1 Å². The van der Waals surface area contributed by atoms with Crippen molar-refractivity contribution in [1.82, 2.24) is 0 Å². The number of nitrogens with one attached hydrogen (secondary N) is 1. The number of methoxy groups -OCH3 is 1. The van der Waals surface area contributed by atoms with E-state index in [4.69, 9.17) is 14.6 Å². The average molecular weight is 419 g/mol. The molecule has 0 radical (unpaired) electrons. The van der Waals surface area contributed by atoms with Crippen molar-refractivity contribution in [1.29, 1.82) is 0 Å². The van der Waals surface area contributed by atoms with E-state index in [1.807, 2.05) is 12.1 Å². The van der Waals surface area contributed by atoms with E-state index in [1.165, 1.54) is 30.3 Å². The lowest BCUT2D eigenvalue weighted by atomic mass is 10.1. The van der Waals surface area contributed by atoms with Crippen LogP contribution in [-0.4, -0.2) is 28.0 Å². The molecule has 0 aliphatic rings. The van der Waals surface area contributed by atoms with Gasteiger partial charge in [0, 0.05) is 11.8 Å². The molecule has 0 saturated carbocycles. The molecule has 0 fully saturated rings. The van der Waals surface area contributed by atoms with Crippen molar-refractivity contribution < 1.29 is 22.7 Å². The molecule has 2 aromatic carbocycles. The van der Waals surface area contributed by atoms with E-state index in [2.05, 4.69) is 19.2 Å². The fourth-order valence-corrected chi connectivity index (χ4v) is 2.91. The van der Waals surface area contributed by atoms with Gasteiger partial charge in [0.25, 0.3) is 0 Å². The molecule has 29 heavy (non-hydrogen) atoms. The smallest absolute Gasteiger partial charge is 0.248 e. The fourth-order valence-electron chi connectivity index (χ4n) is 2.40. The van der Waals surface area contributed by atoms with Gasteiger partial charge in [0.15, 0.2) is 11.5 Å². The third-order valence-corrected chi connectivity index (χ3v) is 4.95. The number of hydrogen-bond donors (Lipinski definition) is 2. The number of anilines is 1. The number of amides is 1. The second-order valence-corrected chi connectivity index (χ2v) is 8.39. The highest BCUT2D eigenvalue weighted by atomic mass is 32.2. The first-order valence-electron chi connectivity index (χ1n) is 9.12. The lowest BCUT2D eigenvalue weighted by molar-refractivity contribution is -0.111. The molecular formula is C21H26N2O5S. The van der Waals surface area contributed by atoms with Crippen molar-refractivity contribution in [2.45, 2.75) is 25.2 Å². The minimum Gasteiger partial charge on any atom is -0.493 e. The van der Waals surface area contributed by atoms with E-state index < -0.39 is 10.0 Å². The van der Waals surface area contributed by atoms with Gasteiger partial charge >= 0.3 is 0 Å². The molecule has 0 aliphatic carbocycles. The summed E-state index contributed by atoms with van der Waals surface area (Å²) >= 11 is 0. The normalized spacial score (nSPS) is 11.6. The number of rotatable bonds is 9. The summed E-state index contributed by atoms with van der Waals surface area (Å²) in [6.45, 7) is 4.87. The van der Waals surface area contributed by atoms with Gasteiger partial charge in [0.1, 0.15) is 0 Å². The Balaban J connectivity index is 2.00. The molecule has 0 atom stereocenters. The van der Waals surface area contributed by atoms with Crippen LogP contribution in [0.15, 0.2) is 53.4 Å². The van der Waals surface area contributed by atoms with E-state index in [1.54, 1.807) is 19.3 Å². The lowest BCUT2D eigenvalue weighted by Gasteiger charge is -2.12. The molecule has 0 heterocycles. The van der Waals surface area contributed by atoms with E-state index in [0.29, 0.717) is 29.7 Å². The van der Waals surface area contributed by atoms with E-state index >= 15 is 0 Å². The maximum Gasteiger partial charge on any atom is 0.248 e. The molecule has 0 spiro atoms. The molecule has 0 unspecified atom stereocenters. The first kappa shape index (κ1) is 22.4. The van der Waals surface area contributed by atoms with E-state index in [0.717, 1.165) is 12.0 Å². The molecule has 7 nitrogen and oxygen atoms in total. The molecule has 1 amide bonds. The maximum atomic E-state index is 12.1. The van der Waals surface area contributed by atoms with Crippen molar-refractivity contribution in [3.63, 3.8) is 0 Å². The first-order chi connectivity index (χ1) is 13.7. The van der Waals surface area contributed by atoms with Crippen LogP contribution in [0.4, 0.5) is 5.69 Å². The third-order valence-electron chi connectivity index (χ3n) is 4.02. The zero-order valence-electron chi connectivity index (χ0n) is 16.7. The second kappa shape index (κ2) is 10.1. The third kappa shape index (κ3) is 7.24. The average Bonchev–Trinajstić information content (AvgIpc) is 2.66. The molecule has 2 aromatic rings. The number of carbonyl (C=O) groups is 1. The Morgan fingerprint density at radius 2 is 1.83 bits per heavy atom. The van der Waals surface area contributed by atoms with E-state index in [-0.39, 0.29) is 10.8 Å². The highest BCUT2D eigenvalue weighted by molar-refractivity contribution is 7.89. The number of primary sulfonamides is 1. The molecule has 156 valence electrons. The van der Waals surface area contributed by atoms with Gasteiger partial charge in [-0.3, -0.25) is 4.79 Å². The van der Waals surface area contributed by atoms with Gasteiger partial charge in [-0.1, -0.05) is 19.9 Å². The van der Waals surface area contributed by atoms with Crippen molar-refractivity contribution in [3.8, 4) is 11.5 Å². The van der Waals surface area contributed by atoms with Crippen LogP contribution in [0.2, 0.25) is 0 Å². The number of sulfonamides is 1. The van der Waals surface area contributed by atoms with Crippen LogP contribution < -0.4 is 19.9 Å². The highest BCUT2D eigenvalue weighted by Crippen LogP contribution is 2.29. The summed E-state index contributed by atoms with van der Waals surface area (Å²) in [7, 11) is -2.20. The van der Waals surface area contributed by atoms with Crippen LogP contribution in [0, 0.1) is 5.92 Å². The molecule has 0 aromatic heterocycles. The monoisotopic (exact) mass is 418 g/mol. The van der Waals surface area contributed by atoms with Gasteiger partial charge in [-0.2, -0.15) is 0 Å². The molecule has 0 bridgehead atoms. The number of carbonyl (C=O) groups excluding carboxylic acids is 1. The van der Waals surface area contributed by atoms with Crippen molar-refractivity contribution in [2.75, 3.05) is 19.0 Å². The number of nitrogens with two attached hydrogens (primary N) is 1. The SMILES string of the molecule is COc1cc(C=CC(=O)Nc2ccc(S(N)(=O)=O)cc2)ccc1OCCC(C)C. The topological polar surface area (TPSA) is 108 Å². The highest BCUT2D eigenvalue weighted by Gasteiger charge is 2.08. The van der Waals surface area contributed by atoms with Crippen molar-refractivity contribution >= 4 is 27.7 Å². The van der Waals surface area contributed by atoms with Crippen molar-refractivity contribution in [3.05, 3.63) is 54.1 Å². The maximum absolute atomic E-state index is 12.1. The predicted molar refractivity (Wildman–Crippen MR) is 113 cm³/mol. The minimum absolute atomic E-state index is 0.0196. The Bertz CT molecular complexity index is 967. The summed E-state index contributed by atoms with van der Waals surface area (Å²) in [5.74, 6) is 1.45. The van der Waals surface area contributed by atoms with Gasteiger partial charge < -0.3 is 14.8 Å². The Kier molecular flexibility index (Phi) is 7.81. The zero-order valence-corrected chi connectivity index (χ0v) is 17.5. The Morgan fingerprint density at radius 3 is 2.41 bits per heavy atom. The van der Waals surface area contributed by atoms with Gasteiger partial charge in [-0.05, 0) is 60.4 Å².